The Morgan fingerprint density at radius 3 is 2.50 bits per heavy atom. The molecule has 120 valence electrons. The zero-order valence-corrected chi connectivity index (χ0v) is 13.9. The third-order valence-corrected chi connectivity index (χ3v) is 4.10. The summed E-state index contributed by atoms with van der Waals surface area (Å²) in [4.78, 5) is 10.8. The molecule has 4 nitrogen and oxygen atoms in total. The minimum atomic E-state index is -1.03. The van der Waals surface area contributed by atoms with Crippen LogP contribution in [0.25, 0.3) is 23.0 Å². The summed E-state index contributed by atoms with van der Waals surface area (Å²) in [6.07, 6.45) is 4.35. The van der Waals surface area contributed by atoms with E-state index in [4.69, 9.17) is 28.3 Å². The van der Waals surface area contributed by atoms with Crippen LogP contribution in [0.5, 0.6) is 0 Å². The maximum atomic E-state index is 10.8. The number of para-hydroxylation sites is 1. The van der Waals surface area contributed by atoms with Crippen LogP contribution in [0.2, 0.25) is 10.0 Å². The summed E-state index contributed by atoms with van der Waals surface area (Å²) in [7, 11) is 0. The Morgan fingerprint density at radius 2 is 1.83 bits per heavy atom. The number of hydrogen-bond acceptors (Lipinski definition) is 2. The second kappa shape index (κ2) is 6.91. The average molecular weight is 359 g/mol. The summed E-state index contributed by atoms with van der Waals surface area (Å²) >= 11 is 12.1. The zero-order valence-electron chi connectivity index (χ0n) is 12.4. The maximum absolute atomic E-state index is 10.8. The molecule has 1 heterocycles. The first-order valence-electron chi connectivity index (χ1n) is 7.06. The lowest BCUT2D eigenvalue weighted by Gasteiger charge is -2.02. The predicted octanol–water partition coefficient (Wildman–Crippen LogP) is 4.94. The number of aromatic nitrogens is 2. The molecule has 0 unspecified atom stereocenters. The van der Waals surface area contributed by atoms with Crippen LogP contribution in [0.1, 0.15) is 5.56 Å². The van der Waals surface area contributed by atoms with E-state index in [-0.39, 0.29) is 0 Å². The van der Waals surface area contributed by atoms with E-state index in [1.54, 1.807) is 29.1 Å². The van der Waals surface area contributed by atoms with Crippen LogP contribution in [0.4, 0.5) is 0 Å². The molecule has 0 bridgehead atoms. The van der Waals surface area contributed by atoms with Crippen molar-refractivity contribution in [3.63, 3.8) is 0 Å². The summed E-state index contributed by atoms with van der Waals surface area (Å²) in [6.45, 7) is 0. The Labute approximate surface area is 148 Å². The van der Waals surface area contributed by atoms with Crippen LogP contribution < -0.4 is 0 Å². The molecular weight excluding hydrogens is 347 g/mol. The number of carboxylic acids is 1. The van der Waals surface area contributed by atoms with Crippen molar-refractivity contribution in [1.29, 1.82) is 0 Å². The minimum absolute atomic E-state index is 0.414. The molecule has 0 aliphatic heterocycles. The monoisotopic (exact) mass is 358 g/mol. The Bertz CT molecular complexity index is 918. The molecule has 3 aromatic rings. The van der Waals surface area contributed by atoms with Gasteiger partial charge in [-0.15, -0.1) is 0 Å². The first-order valence-corrected chi connectivity index (χ1v) is 7.82. The van der Waals surface area contributed by atoms with E-state index in [0.717, 1.165) is 17.3 Å². The molecule has 0 saturated carbocycles. The lowest BCUT2D eigenvalue weighted by Crippen LogP contribution is -1.94. The van der Waals surface area contributed by atoms with Crippen molar-refractivity contribution in [2.24, 2.45) is 0 Å². The van der Waals surface area contributed by atoms with Gasteiger partial charge in [-0.25, -0.2) is 9.48 Å². The second-order valence-corrected chi connectivity index (χ2v) is 5.83. The van der Waals surface area contributed by atoms with Gasteiger partial charge in [-0.05, 0) is 30.3 Å². The summed E-state index contributed by atoms with van der Waals surface area (Å²) in [5, 5.41) is 14.3. The van der Waals surface area contributed by atoms with Crippen molar-refractivity contribution < 1.29 is 9.90 Å². The molecule has 24 heavy (non-hydrogen) atoms. The van der Waals surface area contributed by atoms with E-state index >= 15 is 0 Å². The van der Waals surface area contributed by atoms with Crippen LogP contribution in [-0.4, -0.2) is 20.9 Å². The van der Waals surface area contributed by atoms with Gasteiger partial charge in [0.25, 0.3) is 0 Å². The quantitative estimate of drug-likeness (QED) is 0.671. The van der Waals surface area contributed by atoms with E-state index < -0.39 is 5.97 Å². The number of nitrogens with zero attached hydrogens (tertiary/aromatic N) is 2. The van der Waals surface area contributed by atoms with E-state index in [1.165, 1.54) is 6.08 Å². The van der Waals surface area contributed by atoms with Crippen LogP contribution in [-0.2, 0) is 4.79 Å². The molecule has 0 atom stereocenters. The molecule has 2 aromatic carbocycles. The standard InChI is InChI=1S/C18H12Cl2N2O2/c19-15-8-6-12(10-16(15)20)18-13(7-9-17(23)24)11-22(21-18)14-4-2-1-3-5-14/h1-11H,(H,23,24)/b9-7-. The molecule has 0 aliphatic rings. The van der Waals surface area contributed by atoms with Gasteiger partial charge in [0.15, 0.2) is 0 Å². The molecule has 0 radical (unpaired) electrons. The number of halogens is 2. The Morgan fingerprint density at radius 1 is 1.08 bits per heavy atom. The van der Waals surface area contributed by atoms with Crippen molar-refractivity contribution in [3.05, 3.63) is 76.4 Å². The SMILES string of the molecule is O=C(O)/C=C\c1cn(-c2ccccc2)nc1-c1ccc(Cl)c(Cl)c1. The fourth-order valence-electron chi connectivity index (χ4n) is 2.25. The molecule has 0 aliphatic carbocycles. The van der Waals surface area contributed by atoms with Crippen molar-refractivity contribution in [2.75, 3.05) is 0 Å². The first-order chi connectivity index (χ1) is 11.5. The third-order valence-electron chi connectivity index (χ3n) is 3.36. The highest BCUT2D eigenvalue weighted by atomic mass is 35.5. The van der Waals surface area contributed by atoms with Crippen molar-refractivity contribution >= 4 is 35.2 Å². The van der Waals surface area contributed by atoms with E-state index in [9.17, 15) is 4.79 Å². The van der Waals surface area contributed by atoms with Crippen LogP contribution in [0, 0.1) is 0 Å². The number of carbonyl (C=O) groups is 1. The zero-order chi connectivity index (χ0) is 17.1. The molecule has 0 saturated heterocycles. The van der Waals surface area contributed by atoms with Gasteiger partial charge in [-0.3, -0.25) is 0 Å². The highest BCUT2D eigenvalue weighted by Gasteiger charge is 2.12. The number of rotatable bonds is 4. The second-order valence-electron chi connectivity index (χ2n) is 5.01. The summed E-state index contributed by atoms with van der Waals surface area (Å²) in [5.74, 6) is -1.03. The first kappa shape index (κ1) is 16.3. The molecule has 0 amide bonds. The number of aliphatic carboxylic acids is 1. The van der Waals surface area contributed by atoms with E-state index in [0.29, 0.717) is 21.3 Å². The highest BCUT2D eigenvalue weighted by molar-refractivity contribution is 6.42. The largest absolute Gasteiger partial charge is 0.478 e. The summed E-state index contributed by atoms with van der Waals surface area (Å²) in [5.41, 5.74) is 2.91. The van der Waals surface area contributed by atoms with Gasteiger partial charge in [0, 0.05) is 23.4 Å². The minimum Gasteiger partial charge on any atom is -0.478 e. The lowest BCUT2D eigenvalue weighted by atomic mass is 10.1. The van der Waals surface area contributed by atoms with E-state index in [2.05, 4.69) is 5.10 Å². The van der Waals surface area contributed by atoms with Gasteiger partial charge in [0.1, 0.15) is 5.69 Å². The number of benzene rings is 2. The van der Waals surface area contributed by atoms with Crippen molar-refractivity contribution in [2.45, 2.75) is 0 Å². The Hall–Kier alpha value is -2.56. The maximum Gasteiger partial charge on any atom is 0.328 e. The highest BCUT2D eigenvalue weighted by Crippen LogP contribution is 2.30. The third kappa shape index (κ3) is 3.50. The van der Waals surface area contributed by atoms with Crippen molar-refractivity contribution in [3.8, 4) is 16.9 Å². The van der Waals surface area contributed by atoms with Gasteiger partial charge in [0.05, 0.1) is 15.7 Å². The van der Waals surface area contributed by atoms with Gasteiger partial charge in [-0.1, -0.05) is 47.5 Å². The van der Waals surface area contributed by atoms with Gasteiger partial charge in [0.2, 0.25) is 0 Å². The normalized spacial score (nSPS) is 11.1. The summed E-state index contributed by atoms with van der Waals surface area (Å²) in [6, 6.07) is 14.7. The fourth-order valence-corrected chi connectivity index (χ4v) is 2.55. The van der Waals surface area contributed by atoms with E-state index in [1.807, 2.05) is 30.3 Å². The Kier molecular flexibility index (Phi) is 4.69. The van der Waals surface area contributed by atoms with Gasteiger partial charge in [-0.2, -0.15) is 5.10 Å². The smallest absolute Gasteiger partial charge is 0.328 e. The molecule has 6 heteroatoms. The summed E-state index contributed by atoms with van der Waals surface area (Å²) < 4.78 is 1.69. The number of carboxylic acid groups (broad SMARTS) is 1. The van der Waals surface area contributed by atoms with Crippen LogP contribution >= 0.6 is 23.2 Å². The molecule has 1 N–H and O–H groups in total. The predicted molar refractivity (Wildman–Crippen MR) is 95.7 cm³/mol. The van der Waals surface area contributed by atoms with Crippen molar-refractivity contribution in [1.82, 2.24) is 9.78 Å². The van der Waals surface area contributed by atoms with Crippen LogP contribution in [0.15, 0.2) is 60.8 Å². The fraction of sp³-hybridized carbons (Fsp3) is 0. The number of hydrogen-bond donors (Lipinski definition) is 1. The molecule has 1 aromatic heterocycles. The molecule has 0 fully saturated rings. The molecular formula is C18H12Cl2N2O2. The molecule has 0 spiro atoms. The molecule has 3 rings (SSSR count). The van der Waals surface area contributed by atoms with Crippen LogP contribution in [0.3, 0.4) is 0 Å². The van der Waals surface area contributed by atoms with Gasteiger partial charge >= 0.3 is 5.97 Å². The topological polar surface area (TPSA) is 55.1 Å². The van der Waals surface area contributed by atoms with Gasteiger partial charge < -0.3 is 5.11 Å². The lowest BCUT2D eigenvalue weighted by molar-refractivity contribution is -0.131. The average Bonchev–Trinajstić information content (AvgIpc) is 3.00. The Balaban J connectivity index is 2.13.